The van der Waals surface area contributed by atoms with E-state index in [0.29, 0.717) is 18.2 Å². The molecule has 21 heavy (non-hydrogen) atoms. The van der Waals surface area contributed by atoms with Gasteiger partial charge in [-0.15, -0.1) is 0 Å². The molecular formula is C14H22N4O3. The Balaban J connectivity index is 1.86. The molecule has 0 aliphatic heterocycles. The van der Waals surface area contributed by atoms with Crippen LogP contribution in [0.4, 0.5) is 4.79 Å². The number of carboxylic acids is 1. The van der Waals surface area contributed by atoms with Gasteiger partial charge in [-0.25, -0.2) is 14.6 Å². The quantitative estimate of drug-likeness (QED) is 0.735. The van der Waals surface area contributed by atoms with Crippen LogP contribution in [0.2, 0.25) is 0 Å². The molecule has 2 rings (SSSR count). The molecule has 1 aromatic heterocycles. The van der Waals surface area contributed by atoms with Crippen LogP contribution in [0, 0.1) is 5.92 Å². The van der Waals surface area contributed by atoms with E-state index in [1.54, 1.807) is 18.1 Å². The Bertz CT molecular complexity index is 469. The monoisotopic (exact) mass is 294 g/mol. The van der Waals surface area contributed by atoms with Crippen molar-refractivity contribution in [2.45, 2.75) is 38.1 Å². The van der Waals surface area contributed by atoms with Gasteiger partial charge in [-0.05, 0) is 18.8 Å². The van der Waals surface area contributed by atoms with Crippen LogP contribution in [0.15, 0.2) is 12.5 Å². The summed E-state index contributed by atoms with van der Waals surface area (Å²) in [5, 5.41) is 11.8. The van der Waals surface area contributed by atoms with Gasteiger partial charge >= 0.3 is 12.0 Å². The Labute approximate surface area is 123 Å². The van der Waals surface area contributed by atoms with Gasteiger partial charge < -0.3 is 20.3 Å². The third-order valence-corrected chi connectivity index (χ3v) is 3.93. The Morgan fingerprint density at radius 3 is 2.81 bits per heavy atom. The smallest absolute Gasteiger partial charge is 0.326 e. The van der Waals surface area contributed by atoms with Crippen molar-refractivity contribution in [1.82, 2.24) is 20.2 Å². The van der Waals surface area contributed by atoms with Crippen molar-refractivity contribution in [2.24, 2.45) is 5.92 Å². The fourth-order valence-corrected chi connectivity index (χ4v) is 2.74. The summed E-state index contributed by atoms with van der Waals surface area (Å²) in [4.78, 5) is 31.6. The van der Waals surface area contributed by atoms with E-state index >= 15 is 0 Å². The first kappa shape index (κ1) is 15.3. The molecule has 116 valence electrons. The minimum atomic E-state index is -1.05. The van der Waals surface area contributed by atoms with Crippen LogP contribution in [0.5, 0.6) is 0 Å². The Hall–Kier alpha value is -2.05. The van der Waals surface area contributed by atoms with Crippen LogP contribution in [-0.4, -0.2) is 51.6 Å². The van der Waals surface area contributed by atoms with Gasteiger partial charge in [0.25, 0.3) is 0 Å². The van der Waals surface area contributed by atoms with Gasteiger partial charge in [-0.2, -0.15) is 0 Å². The molecule has 0 saturated heterocycles. The number of hydrogen-bond acceptors (Lipinski definition) is 3. The molecule has 0 spiro atoms. The van der Waals surface area contributed by atoms with Gasteiger partial charge in [-0.3, -0.25) is 0 Å². The van der Waals surface area contributed by atoms with Gasteiger partial charge in [0.15, 0.2) is 0 Å². The molecule has 0 bridgehead atoms. The molecule has 1 aliphatic carbocycles. The molecule has 1 heterocycles. The fraction of sp³-hybridized carbons (Fsp3) is 0.643. The van der Waals surface area contributed by atoms with Gasteiger partial charge in [0.2, 0.25) is 0 Å². The maximum Gasteiger partial charge on any atom is 0.326 e. The predicted molar refractivity (Wildman–Crippen MR) is 76.8 cm³/mol. The number of nitrogens with zero attached hydrogens (tertiary/aromatic N) is 2. The molecule has 7 heteroatoms. The summed E-state index contributed by atoms with van der Waals surface area (Å²) in [5.74, 6) is -0.510. The lowest BCUT2D eigenvalue weighted by molar-refractivity contribution is -0.139. The highest BCUT2D eigenvalue weighted by Gasteiger charge is 2.24. The van der Waals surface area contributed by atoms with Gasteiger partial charge in [0.05, 0.1) is 6.33 Å². The molecule has 1 aliphatic rings. The first-order valence-corrected chi connectivity index (χ1v) is 7.28. The van der Waals surface area contributed by atoms with E-state index in [9.17, 15) is 14.7 Å². The number of imidazole rings is 1. The average molecular weight is 294 g/mol. The molecule has 1 saturated carbocycles. The van der Waals surface area contributed by atoms with Crippen LogP contribution < -0.4 is 5.32 Å². The number of H-pyrrole nitrogens is 1. The number of carbonyl (C=O) groups is 2. The third kappa shape index (κ3) is 4.47. The molecule has 2 amide bonds. The highest BCUT2D eigenvalue weighted by Crippen LogP contribution is 2.25. The molecule has 1 fully saturated rings. The normalized spacial score (nSPS) is 16.6. The number of urea groups is 1. The summed E-state index contributed by atoms with van der Waals surface area (Å²) in [6.45, 7) is 0.683. The van der Waals surface area contributed by atoms with Crippen molar-refractivity contribution in [3.05, 3.63) is 18.2 Å². The van der Waals surface area contributed by atoms with Crippen molar-refractivity contribution < 1.29 is 14.7 Å². The van der Waals surface area contributed by atoms with E-state index in [1.165, 1.54) is 19.2 Å². The number of aromatic amines is 1. The van der Waals surface area contributed by atoms with E-state index < -0.39 is 12.0 Å². The third-order valence-electron chi connectivity index (χ3n) is 3.93. The van der Waals surface area contributed by atoms with Gasteiger partial charge in [-0.1, -0.05) is 12.8 Å². The van der Waals surface area contributed by atoms with Crippen molar-refractivity contribution in [1.29, 1.82) is 0 Å². The highest BCUT2D eigenvalue weighted by molar-refractivity contribution is 5.82. The summed E-state index contributed by atoms with van der Waals surface area (Å²) in [6.07, 6.45) is 7.97. The van der Waals surface area contributed by atoms with Crippen LogP contribution in [-0.2, 0) is 11.2 Å². The molecule has 0 radical (unpaired) electrons. The standard InChI is InChI=1S/C14H22N4O3/c1-18(8-10-4-2-3-5-10)14(21)17-12(13(19)20)6-11-7-15-9-16-11/h7,9-10,12H,2-6,8H2,1H3,(H,15,16)(H,17,21)(H,19,20). The zero-order valence-electron chi connectivity index (χ0n) is 12.2. The number of rotatable bonds is 6. The van der Waals surface area contributed by atoms with Crippen molar-refractivity contribution in [3.8, 4) is 0 Å². The number of amides is 2. The summed E-state index contributed by atoms with van der Waals surface area (Å²) in [7, 11) is 1.71. The largest absolute Gasteiger partial charge is 0.480 e. The topological polar surface area (TPSA) is 98.3 Å². The molecule has 1 atom stereocenters. The minimum Gasteiger partial charge on any atom is -0.480 e. The lowest BCUT2D eigenvalue weighted by Crippen LogP contribution is -2.48. The Kier molecular flexibility index (Phi) is 5.19. The van der Waals surface area contributed by atoms with Crippen molar-refractivity contribution in [2.75, 3.05) is 13.6 Å². The lowest BCUT2D eigenvalue weighted by Gasteiger charge is -2.23. The SMILES string of the molecule is CN(CC1CCCC1)C(=O)NC(Cc1cnc[nH]1)C(=O)O. The maximum absolute atomic E-state index is 12.1. The molecule has 0 aromatic carbocycles. The number of carbonyl (C=O) groups excluding carboxylic acids is 1. The second-order valence-electron chi connectivity index (χ2n) is 5.65. The van der Waals surface area contributed by atoms with Gasteiger partial charge in [0.1, 0.15) is 6.04 Å². The highest BCUT2D eigenvalue weighted by atomic mass is 16.4. The lowest BCUT2D eigenvalue weighted by atomic mass is 10.1. The first-order chi connectivity index (χ1) is 10.1. The molecular weight excluding hydrogens is 272 g/mol. The van der Waals surface area contributed by atoms with Gasteiger partial charge in [0, 0.05) is 31.9 Å². The van der Waals surface area contributed by atoms with Crippen LogP contribution in [0.3, 0.4) is 0 Å². The summed E-state index contributed by atoms with van der Waals surface area (Å²) >= 11 is 0. The molecule has 1 aromatic rings. The summed E-state index contributed by atoms with van der Waals surface area (Å²) in [5.41, 5.74) is 0.682. The average Bonchev–Trinajstić information content (AvgIpc) is 3.10. The zero-order chi connectivity index (χ0) is 15.2. The van der Waals surface area contributed by atoms with E-state index in [-0.39, 0.29) is 12.5 Å². The second kappa shape index (κ2) is 7.10. The summed E-state index contributed by atoms with van der Waals surface area (Å²) < 4.78 is 0. The van der Waals surface area contributed by atoms with E-state index in [2.05, 4.69) is 15.3 Å². The number of hydrogen-bond donors (Lipinski definition) is 3. The molecule has 3 N–H and O–H groups in total. The maximum atomic E-state index is 12.1. The number of carboxylic acid groups (broad SMARTS) is 1. The first-order valence-electron chi connectivity index (χ1n) is 7.28. The van der Waals surface area contributed by atoms with E-state index in [4.69, 9.17) is 0 Å². The van der Waals surface area contributed by atoms with E-state index in [0.717, 1.165) is 12.8 Å². The summed E-state index contributed by atoms with van der Waals surface area (Å²) in [6, 6.07) is -1.29. The van der Waals surface area contributed by atoms with Crippen LogP contribution in [0.25, 0.3) is 0 Å². The number of aliphatic carboxylic acids is 1. The second-order valence-corrected chi connectivity index (χ2v) is 5.65. The molecule has 7 nitrogen and oxygen atoms in total. The van der Waals surface area contributed by atoms with Crippen molar-refractivity contribution in [3.63, 3.8) is 0 Å². The zero-order valence-corrected chi connectivity index (χ0v) is 12.2. The van der Waals surface area contributed by atoms with Crippen LogP contribution >= 0.6 is 0 Å². The van der Waals surface area contributed by atoms with Crippen molar-refractivity contribution >= 4 is 12.0 Å². The predicted octanol–water partition coefficient (Wildman–Crippen LogP) is 1.24. The minimum absolute atomic E-state index is 0.193. The fourth-order valence-electron chi connectivity index (χ4n) is 2.74. The Morgan fingerprint density at radius 1 is 1.52 bits per heavy atom. The number of nitrogens with one attached hydrogen (secondary N) is 2. The van der Waals surface area contributed by atoms with Crippen LogP contribution in [0.1, 0.15) is 31.4 Å². The molecule has 1 unspecified atom stereocenters. The van der Waals surface area contributed by atoms with E-state index in [1.807, 2.05) is 0 Å². The number of aromatic nitrogens is 2. The Morgan fingerprint density at radius 2 is 2.24 bits per heavy atom.